The van der Waals surface area contributed by atoms with Gasteiger partial charge in [-0.15, -0.1) is 0 Å². The van der Waals surface area contributed by atoms with E-state index in [0.717, 1.165) is 17.0 Å². The largest absolute Gasteiger partial charge is 0.493 e. The Morgan fingerprint density at radius 1 is 1.31 bits per heavy atom. The van der Waals surface area contributed by atoms with E-state index in [0.29, 0.717) is 35.8 Å². The van der Waals surface area contributed by atoms with Crippen LogP contribution in [0, 0.1) is 0 Å². The Morgan fingerprint density at radius 3 is 2.96 bits per heavy atom. The summed E-state index contributed by atoms with van der Waals surface area (Å²) in [7, 11) is 1.59. The number of carbonyl (C=O) groups excluding carboxylic acids is 1. The summed E-state index contributed by atoms with van der Waals surface area (Å²) in [6.07, 6.45) is 2.47. The summed E-state index contributed by atoms with van der Waals surface area (Å²) < 4.78 is 17.8. The minimum absolute atomic E-state index is 0.180. The van der Waals surface area contributed by atoms with Crippen molar-refractivity contribution in [3.05, 3.63) is 53.5 Å². The highest BCUT2D eigenvalue weighted by molar-refractivity contribution is 5.95. The van der Waals surface area contributed by atoms with E-state index in [1.54, 1.807) is 11.5 Å². The van der Waals surface area contributed by atoms with Crippen LogP contribution in [0.4, 0.5) is 0 Å². The lowest BCUT2D eigenvalue weighted by Crippen LogP contribution is -2.25. The fraction of sp³-hybridized carbons (Fsp3) is 0.263. The minimum Gasteiger partial charge on any atom is -0.493 e. The molecule has 1 aromatic carbocycles. The van der Waals surface area contributed by atoms with E-state index >= 15 is 0 Å². The zero-order chi connectivity index (χ0) is 18.1. The molecule has 0 radical (unpaired) electrons. The van der Waals surface area contributed by atoms with Crippen LogP contribution in [-0.4, -0.2) is 29.2 Å². The van der Waals surface area contributed by atoms with Gasteiger partial charge in [-0.05, 0) is 36.2 Å². The number of imidazole rings is 1. The zero-order valence-electron chi connectivity index (χ0n) is 14.6. The fourth-order valence-corrected chi connectivity index (χ4v) is 3.05. The Bertz CT molecular complexity index is 980. The van der Waals surface area contributed by atoms with Gasteiger partial charge in [0.1, 0.15) is 5.69 Å². The smallest absolute Gasteiger partial charge is 0.270 e. The number of nitrogens with zero attached hydrogens (tertiary/aromatic N) is 2. The standard InChI is InChI=1S/C19H19N3O4/c1-3-13-17(22-8-4-5-15(24-2)18(22)21-13)19(23)20-10-12-6-7-14-16(9-12)26-11-25-14/h4-9H,3,10-11H2,1-2H3,(H,20,23). The molecule has 0 spiro atoms. The first-order valence-corrected chi connectivity index (χ1v) is 8.42. The third-order valence-corrected chi connectivity index (χ3v) is 4.35. The van der Waals surface area contributed by atoms with Gasteiger partial charge in [0.15, 0.2) is 22.9 Å². The molecule has 4 rings (SSSR count). The van der Waals surface area contributed by atoms with Crippen molar-refractivity contribution in [2.24, 2.45) is 0 Å². The quantitative estimate of drug-likeness (QED) is 0.763. The number of aromatic nitrogens is 2. The molecule has 7 heteroatoms. The molecule has 26 heavy (non-hydrogen) atoms. The average molecular weight is 353 g/mol. The first kappa shape index (κ1) is 16.3. The maximum atomic E-state index is 12.8. The average Bonchev–Trinajstić information content (AvgIpc) is 3.29. The molecule has 1 amide bonds. The number of hydrogen-bond acceptors (Lipinski definition) is 5. The van der Waals surface area contributed by atoms with Crippen molar-refractivity contribution in [3.63, 3.8) is 0 Å². The Labute approximate surface area is 150 Å². The second-order valence-corrected chi connectivity index (χ2v) is 5.90. The van der Waals surface area contributed by atoms with Crippen molar-refractivity contribution >= 4 is 11.6 Å². The van der Waals surface area contributed by atoms with E-state index in [1.165, 1.54) is 0 Å². The molecule has 1 aliphatic heterocycles. The second kappa shape index (κ2) is 6.59. The molecule has 1 N–H and O–H groups in total. The summed E-state index contributed by atoms with van der Waals surface area (Å²) in [4.78, 5) is 17.4. The van der Waals surface area contributed by atoms with Gasteiger partial charge in [-0.3, -0.25) is 9.20 Å². The van der Waals surface area contributed by atoms with Crippen molar-refractivity contribution in [1.82, 2.24) is 14.7 Å². The number of carbonyl (C=O) groups is 1. The lowest BCUT2D eigenvalue weighted by molar-refractivity contribution is 0.0944. The number of pyridine rings is 1. The van der Waals surface area contributed by atoms with Crippen LogP contribution in [0.5, 0.6) is 17.2 Å². The molecule has 1 aliphatic rings. The van der Waals surface area contributed by atoms with Crippen LogP contribution in [0.15, 0.2) is 36.5 Å². The molecule has 0 aliphatic carbocycles. The summed E-state index contributed by atoms with van der Waals surface area (Å²) in [5.41, 5.74) is 2.84. The summed E-state index contributed by atoms with van der Waals surface area (Å²) in [6, 6.07) is 9.30. The van der Waals surface area contributed by atoms with Gasteiger partial charge < -0.3 is 19.5 Å². The molecule has 0 atom stereocenters. The van der Waals surface area contributed by atoms with E-state index < -0.39 is 0 Å². The van der Waals surface area contributed by atoms with Crippen molar-refractivity contribution in [2.45, 2.75) is 19.9 Å². The normalized spacial score (nSPS) is 12.4. The molecular weight excluding hydrogens is 334 g/mol. The molecule has 3 aromatic rings. The molecular formula is C19H19N3O4. The first-order chi connectivity index (χ1) is 12.7. The predicted octanol–water partition coefficient (Wildman–Crippen LogP) is 2.56. The number of amides is 1. The summed E-state index contributed by atoms with van der Waals surface area (Å²) >= 11 is 0. The number of ether oxygens (including phenoxy) is 3. The fourth-order valence-electron chi connectivity index (χ4n) is 3.05. The maximum Gasteiger partial charge on any atom is 0.270 e. The van der Waals surface area contributed by atoms with Gasteiger partial charge in [0, 0.05) is 12.7 Å². The van der Waals surface area contributed by atoms with E-state index in [2.05, 4.69) is 10.3 Å². The number of aryl methyl sites for hydroxylation is 1. The molecule has 3 heterocycles. The van der Waals surface area contributed by atoms with Gasteiger partial charge >= 0.3 is 0 Å². The zero-order valence-corrected chi connectivity index (χ0v) is 14.6. The highest BCUT2D eigenvalue weighted by Gasteiger charge is 2.20. The third kappa shape index (κ3) is 2.71. The number of hydrogen-bond donors (Lipinski definition) is 1. The van der Waals surface area contributed by atoms with Crippen molar-refractivity contribution in [2.75, 3.05) is 13.9 Å². The number of benzene rings is 1. The highest BCUT2D eigenvalue weighted by Crippen LogP contribution is 2.32. The van der Waals surface area contributed by atoms with Gasteiger partial charge in [0.05, 0.1) is 12.8 Å². The van der Waals surface area contributed by atoms with Crippen LogP contribution in [0.2, 0.25) is 0 Å². The van der Waals surface area contributed by atoms with Crippen LogP contribution in [0.3, 0.4) is 0 Å². The first-order valence-electron chi connectivity index (χ1n) is 8.42. The Hall–Kier alpha value is -3.22. The Kier molecular flexibility index (Phi) is 4.12. The molecule has 7 nitrogen and oxygen atoms in total. The Balaban J connectivity index is 1.60. The van der Waals surface area contributed by atoms with Gasteiger partial charge in [0.2, 0.25) is 6.79 Å². The summed E-state index contributed by atoms with van der Waals surface area (Å²) in [5, 5.41) is 2.96. The lowest BCUT2D eigenvalue weighted by Gasteiger charge is -2.08. The molecule has 0 saturated heterocycles. The van der Waals surface area contributed by atoms with Crippen LogP contribution in [0.1, 0.15) is 28.7 Å². The number of rotatable bonds is 5. The minimum atomic E-state index is -0.180. The van der Waals surface area contributed by atoms with Crippen LogP contribution >= 0.6 is 0 Å². The maximum absolute atomic E-state index is 12.8. The van der Waals surface area contributed by atoms with E-state index in [1.807, 2.05) is 43.5 Å². The van der Waals surface area contributed by atoms with E-state index in [9.17, 15) is 4.79 Å². The molecule has 2 aromatic heterocycles. The van der Waals surface area contributed by atoms with E-state index in [-0.39, 0.29) is 12.7 Å². The monoisotopic (exact) mass is 353 g/mol. The van der Waals surface area contributed by atoms with Crippen LogP contribution in [0.25, 0.3) is 5.65 Å². The molecule has 0 saturated carbocycles. The van der Waals surface area contributed by atoms with Crippen LogP contribution < -0.4 is 19.5 Å². The van der Waals surface area contributed by atoms with Crippen molar-refractivity contribution < 1.29 is 19.0 Å². The topological polar surface area (TPSA) is 74.1 Å². The molecule has 0 unspecified atom stereocenters. The van der Waals surface area contributed by atoms with Gasteiger partial charge in [0.25, 0.3) is 5.91 Å². The summed E-state index contributed by atoms with van der Waals surface area (Å²) in [6.45, 7) is 2.59. The lowest BCUT2D eigenvalue weighted by atomic mass is 10.2. The highest BCUT2D eigenvalue weighted by atomic mass is 16.7. The number of nitrogens with one attached hydrogen (secondary N) is 1. The predicted molar refractivity (Wildman–Crippen MR) is 94.9 cm³/mol. The Morgan fingerprint density at radius 2 is 2.15 bits per heavy atom. The second-order valence-electron chi connectivity index (χ2n) is 5.90. The van der Waals surface area contributed by atoms with Crippen molar-refractivity contribution in [3.8, 4) is 17.2 Å². The van der Waals surface area contributed by atoms with Gasteiger partial charge in [-0.1, -0.05) is 13.0 Å². The number of methoxy groups -OCH3 is 1. The molecule has 134 valence electrons. The molecule has 0 bridgehead atoms. The van der Waals surface area contributed by atoms with Gasteiger partial charge in [-0.2, -0.15) is 0 Å². The van der Waals surface area contributed by atoms with Crippen molar-refractivity contribution in [1.29, 1.82) is 0 Å². The van der Waals surface area contributed by atoms with E-state index in [4.69, 9.17) is 14.2 Å². The van der Waals surface area contributed by atoms with Gasteiger partial charge in [-0.25, -0.2) is 4.98 Å². The SMILES string of the molecule is CCc1nc2c(OC)cccn2c1C(=O)NCc1ccc2c(c1)OCO2. The van der Waals surface area contributed by atoms with Crippen LogP contribution in [-0.2, 0) is 13.0 Å². The number of fused-ring (bicyclic) bond motifs is 2. The third-order valence-electron chi connectivity index (χ3n) is 4.35. The summed E-state index contributed by atoms with van der Waals surface area (Å²) in [5.74, 6) is 1.88. The molecule has 0 fully saturated rings.